The molecular formula is C33H31F2N3O4. The fourth-order valence-electron chi connectivity index (χ4n) is 4.86. The molecule has 2 aromatic heterocycles. The summed E-state index contributed by atoms with van der Waals surface area (Å²) in [6.07, 6.45) is 0.199. The number of rotatable bonds is 11. The highest BCUT2D eigenvalue weighted by Crippen LogP contribution is 2.27. The number of pyridine rings is 1. The number of hydrogen-bond acceptors (Lipinski definition) is 5. The molecule has 0 aliphatic rings. The molecule has 0 aliphatic carbocycles. The Balaban J connectivity index is 1.36. The van der Waals surface area contributed by atoms with Gasteiger partial charge in [-0.25, -0.2) is 23.5 Å². The quantitative estimate of drug-likeness (QED) is 0.183. The highest BCUT2D eigenvalue weighted by atomic mass is 19.1. The predicted molar refractivity (Wildman–Crippen MR) is 156 cm³/mol. The number of halogens is 2. The number of imidazole rings is 1. The maximum absolute atomic E-state index is 15.4. The summed E-state index contributed by atoms with van der Waals surface area (Å²) in [7, 11) is 1.58. The molecule has 0 atom stereocenters. The second-order valence-electron chi connectivity index (χ2n) is 10.3. The third kappa shape index (κ3) is 6.16. The van der Waals surface area contributed by atoms with Crippen LogP contribution in [0.25, 0.3) is 22.3 Å². The molecule has 0 fully saturated rings. The smallest absolute Gasteiger partial charge is 0.335 e. The fraction of sp³-hybridized carbons (Fsp3) is 0.242. The Kier molecular flexibility index (Phi) is 8.59. The molecule has 1 N–H and O–H groups in total. The van der Waals surface area contributed by atoms with Gasteiger partial charge in [0.25, 0.3) is 0 Å². The van der Waals surface area contributed by atoms with Crippen molar-refractivity contribution in [2.24, 2.45) is 0 Å². The van der Waals surface area contributed by atoms with Crippen LogP contribution in [0.3, 0.4) is 0 Å². The van der Waals surface area contributed by atoms with Gasteiger partial charge in [0.2, 0.25) is 5.88 Å². The monoisotopic (exact) mass is 571 g/mol. The summed E-state index contributed by atoms with van der Waals surface area (Å²) in [6, 6.07) is 20.1. The van der Waals surface area contributed by atoms with E-state index in [1.54, 1.807) is 61.7 Å². The molecule has 0 spiro atoms. The maximum Gasteiger partial charge on any atom is 0.335 e. The van der Waals surface area contributed by atoms with Gasteiger partial charge >= 0.3 is 5.97 Å². The molecule has 2 heterocycles. The van der Waals surface area contributed by atoms with E-state index in [9.17, 15) is 14.3 Å². The Morgan fingerprint density at radius 1 is 0.976 bits per heavy atom. The highest BCUT2D eigenvalue weighted by Gasteiger charge is 2.17. The Bertz CT molecular complexity index is 1750. The van der Waals surface area contributed by atoms with Crippen molar-refractivity contribution in [3.63, 3.8) is 0 Å². The van der Waals surface area contributed by atoms with E-state index in [2.05, 4.69) is 9.97 Å². The lowest BCUT2D eigenvalue weighted by Gasteiger charge is -2.12. The average Bonchev–Trinajstić information content (AvgIpc) is 3.32. The molecule has 42 heavy (non-hydrogen) atoms. The zero-order chi connectivity index (χ0) is 29.8. The topological polar surface area (TPSA) is 86.5 Å². The number of benzene rings is 3. The van der Waals surface area contributed by atoms with Crippen LogP contribution < -0.4 is 4.74 Å². The SMILES string of the molecule is COCCn1c(Cc2ccc(-c3cccc(OCc4cccc(C(C)C)c4F)n3)cc2F)nc2ccc(C(=O)O)cc21. The first kappa shape index (κ1) is 28.9. The summed E-state index contributed by atoms with van der Waals surface area (Å²) in [5.41, 5.74) is 4.01. The summed E-state index contributed by atoms with van der Waals surface area (Å²) in [6.45, 7) is 4.72. The van der Waals surface area contributed by atoms with Crippen LogP contribution in [0.5, 0.6) is 5.88 Å². The van der Waals surface area contributed by atoms with Crippen LogP contribution in [-0.4, -0.2) is 39.3 Å². The molecule has 0 aliphatic heterocycles. The zero-order valence-corrected chi connectivity index (χ0v) is 23.6. The van der Waals surface area contributed by atoms with Crippen molar-refractivity contribution in [1.29, 1.82) is 0 Å². The molecule has 5 rings (SSSR count). The van der Waals surface area contributed by atoms with Crippen molar-refractivity contribution in [1.82, 2.24) is 14.5 Å². The number of carboxylic acid groups (broad SMARTS) is 1. The summed E-state index contributed by atoms with van der Waals surface area (Å²) < 4.78 is 43.1. The molecule has 0 unspecified atom stereocenters. The van der Waals surface area contributed by atoms with Crippen LogP contribution in [0.4, 0.5) is 8.78 Å². The van der Waals surface area contributed by atoms with Gasteiger partial charge in [0.15, 0.2) is 0 Å². The van der Waals surface area contributed by atoms with Gasteiger partial charge in [0.1, 0.15) is 24.1 Å². The number of carboxylic acids is 1. The molecule has 0 amide bonds. The van der Waals surface area contributed by atoms with Crippen molar-refractivity contribution < 1.29 is 28.2 Å². The van der Waals surface area contributed by atoms with Gasteiger partial charge in [-0.1, -0.05) is 50.2 Å². The van der Waals surface area contributed by atoms with Crippen molar-refractivity contribution in [2.75, 3.05) is 13.7 Å². The van der Waals surface area contributed by atoms with Gasteiger partial charge in [-0.05, 0) is 47.4 Å². The summed E-state index contributed by atoms with van der Waals surface area (Å²) in [5, 5.41) is 9.42. The summed E-state index contributed by atoms with van der Waals surface area (Å²) in [4.78, 5) is 20.7. The summed E-state index contributed by atoms with van der Waals surface area (Å²) >= 11 is 0. The Hall–Kier alpha value is -4.63. The van der Waals surface area contributed by atoms with Gasteiger partial charge in [0, 0.05) is 37.3 Å². The van der Waals surface area contributed by atoms with Gasteiger partial charge in [-0.2, -0.15) is 0 Å². The molecule has 7 nitrogen and oxygen atoms in total. The van der Waals surface area contributed by atoms with Crippen LogP contribution in [0.1, 0.15) is 52.6 Å². The van der Waals surface area contributed by atoms with Crippen LogP contribution in [0, 0.1) is 11.6 Å². The third-order valence-corrected chi connectivity index (χ3v) is 7.12. The maximum atomic E-state index is 15.4. The molecule has 3 aromatic carbocycles. The number of hydrogen-bond donors (Lipinski definition) is 1. The van der Waals surface area contributed by atoms with E-state index >= 15 is 4.39 Å². The molecule has 9 heteroatoms. The lowest BCUT2D eigenvalue weighted by molar-refractivity contribution is 0.0697. The van der Waals surface area contributed by atoms with Crippen LogP contribution in [0.2, 0.25) is 0 Å². The summed E-state index contributed by atoms with van der Waals surface area (Å²) in [5.74, 6) is -0.782. The molecular weight excluding hydrogens is 540 g/mol. The first-order valence-electron chi connectivity index (χ1n) is 13.6. The molecule has 5 aromatic rings. The van der Waals surface area contributed by atoms with Crippen molar-refractivity contribution in [3.05, 3.63) is 113 Å². The number of methoxy groups -OCH3 is 1. The molecule has 0 bridgehead atoms. The van der Waals surface area contributed by atoms with Gasteiger partial charge in [-0.15, -0.1) is 0 Å². The standard InChI is InChI=1S/C33H31F2N3O4/c1-20(2)25-7-4-6-24(32(25)35)19-42-31-9-5-8-27(37-31)22-11-10-21(26(34)16-22)18-30-36-28-13-12-23(33(39)40)17-29(28)38(30)14-15-41-3/h4-13,16-17,20H,14-15,18-19H2,1-3H3,(H,39,40). The first-order valence-corrected chi connectivity index (χ1v) is 13.6. The normalized spacial score (nSPS) is 11.4. The third-order valence-electron chi connectivity index (χ3n) is 7.12. The first-order chi connectivity index (χ1) is 20.2. The Morgan fingerprint density at radius 3 is 2.52 bits per heavy atom. The fourth-order valence-corrected chi connectivity index (χ4v) is 4.86. The van der Waals surface area contributed by atoms with Crippen LogP contribution in [-0.2, 0) is 24.3 Å². The average molecular weight is 572 g/mol. The minimum Gasteiger partial charge on any atom is -0.478 e. The van der Waals surface area contributed by atoms with E-state index in [1.165, 1.54) is 12.1 Å². The van der Waals surface area contributed by atoms with E-state index < -0.39 is 11.8 Å². The Morgan fingerprint density at radius 2 is 1.79 bits per heavy atom. The number of ether oxygens (including phenoxy) is 2. The van der Waals surface area contributed by atoms with E-state index in [0.717, 1.165) is 0 Å². The number of aromatic nitrogens is 3. The van der Waals surface area contributed by atoms with E-state index in [0.29, 0.717) is 63.8 Å². The van der Waals surface area contributed by atoms with E-state index in [-0.39, 0.29) is 30.3 Å². The molecule has 0 radical (unpaired) electrons. The molecule has 0 saturated heterocycles. The van der Waals surface area contributed by atoms with Gasteiger partial charge in [0.05, 0.1) is 28.9 Å². The van der Waals surface area contributed by atoms with E-state index in [1.807, 2.05) is 24.5 Å². The number of carbonyl (C=O) groups is 1. The predicted octanol–water partition coefficient (Wildman–Crippen LogP) is 7.01. The second kappa shape index (κ2) is 12.5. The van der Waals surface area contributed by atoms with Crippen molar-refractivity contribution >= 4 is 17.0 Å². The lowest BCUT2D eigenvalue weighted by Crippen LogP contribution is -2.10. The largest absolute Gasteiger partial charge is 0.478 e. The minimum absolute atomic E-state index is 0.0220. The highest BCUT2D eigenvalue weighted by molar-refractivity contribution is 5.92. The van der Waals surface area contributed by atoms with Crippen LogP contribution in [0.15, 0.2) is 72.8 Å². The van der Waals surface area contributed by atoms with Gasteiger partial charge < -0.3 is 19.1 Å². The lowest BCUT2D eigenvalue weighted by atomic mass is 10.0. The minimum atomic E-state index is -1.03. The van der Waals surface area contributed by atoms with Gasteiger partial charge in [-0.3, -0.25) is 0 Å². The van der Waals surface area contributed by atoms with Crippen LogP contribution >= 0.6 is 0 Å². The number of aromatic carboxylic acids is 1. The second-order valence-corrected chi connectivity index (χ2v) is 10.3. The number of nitrogens with zero attached hydrogens (tertiary/aromatic N) is 3. The molecule has 216 valence electrons. The molecule has 0 saturated carbocycles. The Labute approximate surface area is 242 Å². The van der Waals surface area contributed by atoms with Crippen molar-refractivity contribution in [2.45, 2.75) is 39.3 Å². The number of fused-ring (bicyclic) bond motifs is 1. The van der Waals surface area contributed by atoms with Crippen molar-refractivity contribution in [3.8, 4) is 17.1 Å². The van der Waals surface area contributed by atoms with E-state index in [4.69, 9.17) is 9.47 Å². The zero-order valence-electron chi connectivity index (χ0n) is 23.6.